The van der Waals surface area contributed by atoms with E-state index in [9.17, 15) is 70.6 Å². The summed E-state index contributed by atoms with van der Waals surface area (Å²) < 4.78 is 55.0. The smallest absolute Gasteiger partial charge is 0.341 e. The number of aliphatic hydroxyl groups excluding tert-OH is 10. The summed E-state index contributed by atoms with van der Waals surface area (Å²) in [7, 11) is 0. The Bertz CT molecular complexity index is 2400. The molecule has 0 spiro atoms. The number of aliphatic carboxylic acids is 1. The topological polar surface area (TPSA) is 360 Å². The van der Waals surface area contributed by atoms with Crippen molar-refractivity contribution in [2.75, 3.05) is 19.8 Å². The van der Waals surface area contributed by atoms with Crippen molar-refractivity contribution >= 4 is 17.9 Å². The zero-order valence-electron chi connectivity index (χ0n) is 47.7. The Morgan fingerprint density at radius 2 is 1.29 bits per heavy atom. The molecular weight excluding hydrogens is 1050 g/mol. The molecule has 8 fully saturated rings. The van der Waals surface area contributed by atoms with E-state index < -0.39 is 198 Å². The third-order valence-electron chi connectivity index (χ3n) is 22.0. The summed E-state index contributed by atoms with van der Waals surface area (Å²) in [5.41, 5.74) is -4.36. The molecule has 454 valence electrons. The molecule has 9 rings (SSSR count). The van der Waals surface area contributed by atoms with Crippen molar-refractivity contribution in [2.24, 2.45) is 50.2 Å². The minimum Gasteiger partial charge on any atom is -0.479 e. The van der Waals surface area contributed by atoms with E-state index in [2.05, 4.69) is 40.7 Å². The van der Waals surface area contributed by atoms with Gasteiger partial charge in [0.25, 0.3) is 0 Å². The number of aliphatic hydroxyl groups is 10. The van der Waals surface area contributed by atoms with E-state index in [0.717, 1.165) is 5.57 Å². The molecule has 4 heterocycles. The van der Waals surface area contributed by atoms with Crippen LogP contribution in [0.5, 0.6) is 0 Å². The van der Waals surface area contributed by atoms with Gasteiger partial charge >= 0.3 is 17.9 Å². The van der Waals surface area contributed by atoms with Gasteiger partial charge in [0.15, 0.2) is 36.7 Å². The molecule has 5 aliphatic carbocycles. The summed E-state index contributed by atoms with van der Waals surface area (Å²) in [4.78, 5) is 40.7. The zero-order chi connectivity index (χ0) is 58.9. The molecule has 0 aromatic heterocycles. The van der Waals surface area contributed by atoms with E-state index in [-0.39, 0.29) is 18.3 Å². The number of carboxylic acids is 1. The first-order valence-electron chi connectivity index (χ1n) is 28.5. The molecule has 9 aliphatic rings. The highest BCUT2D eigenvalue weighted by Crippen LogP contribution is 2.76. The van der Waals surface area contributed by atoms with Crippen molar-refractivity contribution in [3.05, 3.63) is 23.3 Å². The Balaban J connectivity index is 1.03. The highest BCUT2D eigenvalue weighted by Gasteiger charge is 2.74. The number of esters is 2. The van der Waals surface area contributed by atoms with E-state index in [1.54, 1.807) is 33.8 Å². The van der Waals surface area contributed by atoms with Gasteiger partial charge in [0.2, 0.25) is 0 Å². The molecule has 11 N–H and O–H groups in total. The standard InChI is InChI=1S/C57H88O23/c1-12-24(2)46(70)78-44-43(79-50(71)56(11)25(3)80-56)51(4,5)19-27-26-13-14-31-53(8)17-16-33(52(6,7)30(53)15-18-54(31,9)55(26,10)20-32(61)57(27,44)23-60)74-49-42(77-48-38(66)36(64)34(62)28(21-58)72-48)40(39(67)41(76-49)45(68)69)75-47-37(65)35(63)29(22-59)73-47/h12-13,25,27-44,47-49,58-67H,14-23H2,1-11H3,(H,68,69)/b24-12-/t25-,27+,28-,29+,30+,31-,32-,33+,34-,35+,36+,37-,38-,39+,40+,41+,42-,43+,44+,47+,48+,49-,53+,54-,55-,56-,57+/m1/s1. The molecule has 0 radical (unpaired) electrons. The number of allylic oxidation sites excluding steroid dienone is 3. The van der Waals surface area contributed by atoms with Gasteiger partial charge in [0.1, 0.15) is 67.1 Å². The lowest BCUT2D eigenvalue weighted by molar-refractivity contribution is -0.386. The summed E-state index contributed by atoms with van der Waals surface area (Å²) >= 11 is 0. The molecule has 80 heavy (non-hydrogen) atoms. The van der Waals surface area contributed by atoms with E-state index in [1.165, 1.54) is 0 Å². The van der Waals surface area contributed by atoms with Crippen LogP contribution in [0.25, 0.3) is 0 Å². The fourth-order valence-corrected chi connectivity index (χ4v) is 16.6. The van der Waals surface area contributed by atoms with E-state index in [0.29, 0.717) is 44.1 Å². The number of rotatable bonds is 14. The molecule has 4 saturated heterocycles. The lowest BCUT2D eigenvalue weighted by Crippen LogP contribution is -2.72. The summed E-state index contributed by atoms with van der Waals surface area (Å²) in [5.74, 6) is -3.47. The molecule has 23 heteroatoms. The summed E-state index contributed by atoms with van der Waals surface area (Å²) in [6.45, 7) is 19.4. The summed E-state index contributed by atoms with van der Waals surface area (Å²) in [6.07, 6.45) is -22.4. The molecule has 0 bridgehead atoms. The van der Waals surface area contributed by atoms with Crippen molar-refractivity contribution in [1.82, 2.24) is 0 Å². The third kappa shape index (κ3) is 9.46. The quantitative estimate of drug-likeness (QED) is 0.0371. The first-order valence-corrected chi connectivity index (χ1v) is 28.5. The molecule has 4 aliphatic heterocycles. The maximum Gasteiger partial charge on any atom is 0.341 e. The molecule has 23 nitrogen and oxygen atoms in total. The van der Waals surface area contributed by atoms with Gasteiger partial charge in [-0.15, -0.1) is 0 Å². The first kappa shape index (κ1) is 61.8. The number of carbonyl (C=O) groups excluding carboxylic acids is 2. The van der Waals surface area contributed by atoms with Gasteiger partial charge in [-0.1, -0.05) is 66.2 Å². The second kappa shape index (κ2) is 21.6. The molecule has 27 atom stereocenters. The second-order valence-electron chi connectivity index (χ2n) is 26.9. The van der Waals surface area contributed by atoms with E-state index in [4.69, 9.17) is 42.6 Å². The van der Waals surface area contributed by atoms with Crippen LogP contribution in [-0.4, -0.2) is 216 Å². The lowest BCUT2D eigenvalue weighted by Gasteiger charge is -2.72. The van der Waals surface area contributed by atoms with Gasteiger partial charge < -0.3 is 98.8 Å². The number of epoxide rings is 1. The van der Waals surface area contributed by atoms with Gasteiger partial charge in [0, 0.05) is 11.0 Å². The minimum absolute atomic E-state index is 0.0163. The van der Waals surface area contributed by atoms with Gasteiger partial charge in [-0.25, -0.2) is 14.4 Å². The van der Waals surface area contributed by atoms with Crippen molar-refractivity contribution in [1.29, 1.82) is 0 Å². The molecule has 4 saturated carbocycles. The lowest BCUT2D eigenvalue weighted by atomic mass is 9.33. The summed E-state index contributed by atoms with van der Waals surface area (Å²) in [5, 5.41) is 121. The van der Waals surface area contributed by atoms with Crippen LogP contribution in [0.2, 0.25) is 0 Å². The van der Waals surface area contributed by atoms with Crippen LogP contribution in [0.15, 0.2) is 23.3 Å². The Labute approximate surface area is 466 Å². The van der Waals surface area contributed by atoms with Crippen molar-refractivity contribution < 1.29 is 113 Å². The molecule has 0 aromatic rings. The minimum atomic E-state index is -2.11. The molecule has 0 unspecified atom stereocenters. The SMILES string of the molecule is C/C=C(/C)C(=O)O[C@H]1[C@H](OC(=O)[C@]2(C)O[C@@H]2C)C(C)(C)C[C@H]2C3=CC[C@@H]4[C@@]5(C)CC[C@H](O[C@@H]6O[C@H](C(=O)O)[C@@H](O)[C@H](O[C@@H]7O[C@@H](CO)[C@H](O)[C@H]7O)[C@H]6O[C@@H]6O[C@H](CO)[C@@H](O)[C@H](O)[C@H]6O)C(C)(C)[C@@H]5CC[C@@]4(C)[C@]3(C)C[C@@H](O)[C@]21CO. The molecule has 0 amide bonds. The predicted octanol–water partition coefficient (Wildman–Crippen LogP) is 0.503. The van der Waals surface area contributed by atoms with E-state index in [1.807, 2.05) is 13.8 Å². The number of hydrogen-bond donors (Lipinski definition) is 11. The Morgan fingerprint density at radius 1 is 0.700 bits per heavy atom. The van der Waals surface area contributed by atoms with Gasteiger partial charge in [0.05, 0.1) is 43.5 Å². The van der Waals surface area contributed by atoms with Gasteiger partial charge in [-0.05, 0) is 112 Å². The number of ether oxygens (including phenoxy) is 9. The van der Waals surface area contributed by atoms with Crippen molar-refractivity contribution in [3.63, 3.8) is 0 Å². The predicted molar refractivity (Wildman–Crippen MR) is 275 cm³/mol. The maximum atomic E-state index is 13.9. The van der Waals surface area contributed by atoms with E-state index >= 15 is 0 Å². The number of fused-ring (bicyclic) bond motifs is 7. The third-order valence-corrected chi connectivity index (χ3v) is 22.0. The van der Waals surface area contributed by atoms with Crippen LogP contribution >= 0.6 is 0 Å². The average molecular weight is 1140 g/mol. The van der Waals surface area contributed by atoms with Crippen LogP contribution in [0.1, 0.15) is 121 Å². The number of carbonyl (C=O) groups is 3. The average Bonchev–Trinajstić information content (AvgIpc) is 4.08. The monoisotopic (exact) mass is 1140 g/mol. The Morgan fingerprint density at radius 3 is 1.85 bits per heavy atom. The van der Waals surface area contributed by atoms with Crippen LogP contribution in [-0.2, 0) is 57.0 Å². The fourth-order valence-electron chi connectivity index (χ4n) is 16.6. The normalized spacial score (nSPS) is 51.4. The molecular formula is C57H88O23. The Kier molecular flexibility index (Phi) is 16.7. The van der Waals surface area contributed by atoms with Crippen LogP contribution in [0.4, 0.5) is 0 Å². The zero-order valence-corrected chi connectivity index (χ0v) is 47.7. The van der Waals surface area contributed by atoms with Crippen LogP contribution < -0.4 is 0 Å². The second-order valence-corrected chi connectivity index (χ2v) is 26.9. The van der Waals surface area contributed by atoms with Crippen LogP contribution in [0, 0.1) is 50.2 Å². The Hall–Kier alpha value is -2.79. The van der Waals surface area contributed by atoms with Gasteiger partial charge in [-0.3, -0.25) is 0 Å². The highest BCUT2D eigenvalue weighted by atomic mass is 16.8. The van der Waals surface area contributed by atoms with Crippen molar-refractivity contribution in [2.45, 2.75) is 243 Å². The number of carboxylic acid groups (broad SMARTS) is 1. The first-order chi connectivity index (χ1) is 37.3. The van der Waals surface area contributed by atoms with Crippen LogP contribution in [0.3, 0.4) is 0 Å². The highest BCUT2D eigenvalue weighted by molar-refractivity contribution is 5.88. The largest absolute Gasteiger partial charge is 0.479 e. The fraction of sp³-hybridized carbons (Fsp3) is 0.877. The summed E-state index contributed by atoms with van der Waals surface area (Å²) in [6, 6.07) is 0. The number of hydrogen-bond acceptors (Lipinski definition) is 22. The molecule has 0 aromatic carbocycles. The van der Waals surface area contributed by atoms with Gasteiger partial charge in [-0.2, -0.15) is 0 Å². The maximum absolute atomic E-state index is 13.9. The van der Waals surface area contributed by atoms with Crippen molar-refractivity contribution in [3.8, 4) is 0 Å².